The minimum Gasteiger partial charge on any atom is -0.446 e. The van der Waals surface area contributed by atoms with Crippen LogP contribution in [0.3, 0.4) is 0 Å². The Balaban J connectivity index is 1.97. The molecule has 1 atom stereocenters. The van der Waals surface area contributed by atoms with Crippen LogP contribution in [0.4, 0.5) is 0 Å². The van der Waals surface area contributed by atoms with E-state index in [-0.39, 0.29) is 11.9 Å². The van der Waals surface area contributed by atoms with Gasteiger partial charge in [-0.2, -0.15) is 0 Å². The number of rotatable bonds is 18. The van der Waals surface area contributed by atoms with Crippen molar-refractivity contribution in [1.29, 1.82) is 0 Å². The third-order valence-electron chi connectivity index (χ3n) is 5.36. The Bertz CT molecular complexity index is 528. The average Bonchev–Trinajstić information content (AvgIpc) is 3.18. The molecule has 0 radical (unpaired) electrons. The molecule has 29 heavy (non-hydrogen) atoms. The van der Waals surface area contributed by atoms with Crippen molar-refractivity contribution in [1.82, 2.24) is 10.3 Å². The molecule has 5 heteroatoms. The lowest BCUT2D eigenvalue weighted by Crippen LogP contribution is -2.25. The zero-order valence-electron chi connectivity index (χ0n) is 19.2. The zero-order chi connectivity index (χ0) is 21.3. The van der Waals surface area contributed by atoms with Crippen molar-refractivity contribution in [3.8, 4) is 0 Å². The van der Waals surface area contributed by atoms with Crippen LogP contribution in [0.5, 0.6) is 0 Å². The van der Waals surface area contributed by atoms with E-state index >= 15 is 0 Å². The molecule has 1 aromatic heterocycles. The Kier molecular flexibility index (Phi) is 14.6. The summed E-state index contributed by atoms with van der Waals surface area (Å²) < 4.78 is 5.38. The van der Waals surface area contributed by atoms with Crippen molar-refractivity contribution < 1.29 is 9.21 Å². The lowest BCUT2D eigenvalue weighted by Gasteiger charge is -2.09. The number of oxazole rings is 1. The van der Waals surface area contributed by atoms with Crippen LogP contribution in [0.2, 0.25) is 0 Å². The van der Waals surface area contributed by atoms with Gasteiger partial charge in [0.2, 0.25) is 5.89 Å². The number of hydrogen-bond donors (Lipinski definition) is 2. The monoisotopic (exact) mass is 407 g/mol. The number of unbranched alkanes of at least 4 members (excludes halogenated alkanes) is 12. The highest BCUT2D eigenvalue weighted by atomic mass is 16.3. The average molecular weight is 408 g/mol. The van der Waals surface area contributed by atoms with Gasteiger partial charge in [-0.05, 0) is 18.8 Å². The SMILES string of the molecule is CCCCCCCCCCCCCCCNC(=O)c1coc(C(N)CC(C)C)n1. The summed E-state index contributed by atoms with van der Waals surface area (Å²) in [5.41, 5.74) is 6.38. The van der Waals surface area contributed by atoms with Crippen molar-refractivity contribution in [2.24, 2.45) is 11.7 Å². The van der Waals surface area contributed by atoms with Crippen LogP contribution in [-0.4, -0.2) is 17.4 Å². The highest BCUT2D eigenvalue weighted by Gasteiger charge is 2.17. The fraction of sp³-hybridized carbons (Fsp3) is 0.833. The number of carbonyl (C=O) groups excluding carboxylic acids is 1. The highest BCUT2D eigenvalue weighted by molar-refractivity contribution is 5.91. The molecular weight excluding hydrogens is 362 g/mol. The molecule has 0 aliphatic carbocycles. The Hall–Kier alpha value is -1.36. The molecule has 1 heterocycles. The number of amides is 1. The summed E-state index contributed by atoms with van der Waals surface area (Å²) in [6.45, 7) is 7.17. The predicted molar refractivity (Wildman–Crippen MR) is 121 cm³/mol. The van der Waals surface area contributed by atoms with Gasteiger partial charge in [0.05, 0.1) is 6.04 Å². The molecule has 0 aliphatic heterocycles. The fourth-order valence-electron chi connectivity index (χ4n) is 3.61. The molecule has 0 fully saturated rings. The number of nitrogens with two attached hydrogens (primary N) is 1. The minimum atomic E-state index is -0.252. The van der Waals surface area contributed by atoms with Gasteiger partial charge in [-0.1, -0.05) is 97.8 Å². The lowest BCUT2D eigenvalue weighted by atomic mass is 10.0. The molecule has 5 nitrogen and oxygen atoms in total. The van der Waals surface area contributed by atoms with Crippen LogP contribution in [0, 0.1) is 5.92 Å². The molecule has 0 aromatic carbocycles. The summed E-state index contributed by atoms with van der Waals surface area (Å²) in [5, 5.41) is 2.93. The number of nitrogens with zero attached hydrogens (tertiary/aromatic N) is 1. The quantitative estimate of drug-likeness (QED) is 0.271. The molecule has 0 spiro atoms. The maximum atomic E-state index is 12.1. The summed E-state index contributed by atoms with van der Waals surface area (Å²) in [6, 6.07) is -0.252. The van der Waals surface area contributed by atoms with Gasteiger partial charge in [-0.25, -0.2) is 4.98 Å². The Morgan fingerprint density at radius 2 is 1.48 bits per heavy atom. The molecule has 3 N–H and O–H groups in total. The lowest BCUT2D eigenvalue weighted by molar-refractivity contribution is 0.0948. The molecule has 1 rings (SSSR count). The van der Waals surface area contributed by atoms with Gasteiger partial charge < -0.3 is 15.5 Å². The van der Waals surface area contributed by atoms with Crippen molar-refractivity contribution in [2.75, 3.05) is 6.54 Å². The minimum absolute atomic E-state index is 0.171. The molecule has 0 aliphatic rings. The van der Waals surface area contributed by atoms with Crippen LogP contribution in [0.15, 0.2) is 10.7 Å². The number of nitrogens with one attached hydrogen (secondary N) is 1. The van der Waals surface area contributed by atoms with Gasteiger partial charge in [0.15, 0.2) is 5.69 Å². The molecule has 0 saturated heterocycles. The summed E-state index contributed by atoms with van der Waals surface area (Å²) in [5.74, 6) is 0.741. The summed E-state index contributed by atoms with van der Waals surface area (Å²) >= 11 is 0. The van der Waals surface area contributed by atoms with Gasteiger partial charge in [0, 0.05) is 6.54 Å². The van der Waals surface area contributed by atoms with Gasteiger partial charge in [-0.3, -0.25) is 4.79 Å². The first-order valence-electron chi connectivity index (χ1n) is 12.0. The van der Waals surface area contributed by atoms with Crippen molar-refractivity contribution in [3.63, 3.8) is 0 Å². The van der Waals surface area contributed by atoms with Gasteiger partial charge >= 0.3 is 0 Å². The van der Waals surface area contributed by atoms with Crippen molar-refractivity contribution in [2.45, 2.75) is 117 Å². The number of aromatic nitrogens is 1. The topological polar surface area (TPSA) is 81.2 Å². The van der Waals surface area contributed by atoms with Crippen molar-refractivity contribution in [3.05, 3.63) is 17.8 Å². The second-order valence-electron chi connectivity index (χ2n) is 8.81. The van der Waals surface area contributed by atoms with E-state index in [1.807, 2.05) is 0 Å². The maximum Gasteiger partial charge on any atom is 0.273 e. The van der Waals surface area contributed by atoms with Crippen LogP contribution >= 0.6 is 0 Å². The van der Waals surface area contributed by atoms with Crippen LogP contribution in [-0.2, 0) is 0 Å². The van der Waals surface area contributed by atoms with E-state index in [2.05, 4.69) is 31.1 Å². The second kappa shape index (κ2) is 16.4. The van der Waals surface area contributed by atoms with Gasteiger partial charge in [-0.15, -0.1) is 0 Å². The third kappa shape index (κ3) is 12.7. The fourth-order valence-corrected chi connectivity index (χ4v) is 3.61. The van der Waals surface area contributed by atoms with Gasteiger partial charge in [0.25, 0.3) is 5.91 Å². The summed E-state index contributed by atoms with van der Waals surface area (Å²) in [6.07, 6.45) is 19.4. The van der Waals surface area contributed by atoms with Crippen molar-refractivity contribution >= 4 is 5.91 Å². The molecule has 1 aromatic rings. The van der Waals surface area contributed by atoms with E-state index in [4.69, 9.17) is 10.2 Å². The first-order chi connectivity index (χ1) is 14.0. The second-order valence-corrected chi connectivity index (χ2v) is 8.81. The Morgan fingerprint density at radius 3 is 2.00 bits per heavy atom. The van der Waals surface area contributed by atoms with E-state index in [0.717, 1.165) is 12.8 Å². The molecule has 0 bridgehead atoms. The molecule has 1 amide bonds. The maximum absolute atomic E-state index is 12.1. The summed E-state index contributed by atoms with van der Waals surface area (Å²) in [7, 11) is 0. The van der Waals surface area contributed by atoms with Crippen LogP contribution in [0.1, 0.15) is 133 Å². The normalized spacial score (nSPS) is 12.4. The molecular formula is C24H45N3O2. The third-order valence-corrected chi connectivity index (χ3v) is 5.36. The first-order valence-corrected chi connectivity index (χ1v) is 12.0. The van der Waals surface area contributed by atoms with E-state index in [1.165, 1.54) is 83.3 Å². The Morgan fingerprint density at radius 1 is 0.966 bits per heavy atom. The van der Waals surface area contributed by atoms with Crippen LogP contribution in [0.25, 0.3) is 0 Å². The number of carbonyl (C=O) groups is 1. The molecule has 1 unspecified atom stereocenters. The smallest absolute Gasteiger partial charge is 0.273 e. The predicted octanol–water partition coefficient (Wildman–Crippen LogP) is 6.54. The molecule has 0 saturated carbocycles. The van der Waals surface area contributed by atoms with Crippen LogP contribution < -0.4 is 11.1 Å². The van der Waals surface area contributed by atoms with Gasteiger partial charge in [0.1, 0.15) is 6.26 Å². The Labute approximate surface area is 178 Å². The number of hydrogen-bond acceptors (Lipinski definition) is 4. The highest BCUT2D eigenvalue weighted by Crippen LogP contribution is 2.18. The van der Waals surface area contributed by atoms with E-state index < -0.39 is 0 Å². The standard InChI is InChI=1S/C24H45N3O2/c1-4-5-6-7-8-9-10-11-12-13-14-15-16-17-26-23(28)22-19-29-24(27-22)21(25)18-20(2)3/h19-21H,4-18,25H2,1-3H3,(H,26,28). The van der Waals surface area contributed by atoms with E-state index in [1.54, 1.807) is 0 Å². The first kappa shape index (κ1) is 25.7. The summed E-state index contributed by atoms with van der Waals surface area (Å²) in [4.78, 5) is 16.4. The zero-order valence-corrected chi connectivity index (χ0v) is 19.2. The van der Waals surface area contributed by atoms with E-state index in [9.17, 15) is 4.79 Å². The molecule has 168 valence electrons. The largest absolute Gasteiger partial charge is 0.446 e. The van der Waals surface area contributed by atoms with E-state index in [0.29, 0.717) is 24.0 Å².